The monoisotopic (exact) mass is 224 g/mol. The second kappa shape index (κ2) is 3.71. The van der Waals surface area contributed by atoms with Crippen molar-refractivity contribution in [2.24, 2.45) is 0 Å². The van der Waals surface area contributed by atoms with Crippen molar-refractivity contribution in [3.8, 4) is 0 Å². The first-order valence-electron chi connectivity index (χ1n) is 5.23. The van der Waals surface area contributed by atoms with Crippen molar-refractivity contribution in [2.75, 3.05) is 0 Å². The molecule has 0 fully saturated rings. The second-order valence-electron chi connectivity index (χ2n) is 5.99. The Morgan fingerprint density at radius 1 is 1.07 bits per heavy atom. The van der Waals surface area contributed by atoms with Gasteiger partial charge in [-0.2, -0.15) is 0 Å². The molecule has 0 bridgehead atoms. The van der Waals surface area contributed by atoms with Crippen LogP contribution in [0.25, 0.3) is 0 Å². The Morgan fingerprint density at radius 2 is 1.60 bits per heavy atom. The molecule has 1 N–H and O–H groups in total. The molecule has 1 heterocycles. The summed E-state index contributed by atoms with van der Waals surface area (Å²) in [5.74, 6) is 0. The van der Waals surface area contributed by atoms with Gasteiger partial charge in [0, 0.05) is 16.5 Å². The van der Waals surface area contributed by atoms with Crippen LogP contribution in [0.15, 0.2) is 6.07 Å². The van der Waals surface area contributed by atoms with Gasteiger partial charge in [0.25, 0.3) is 0 Å². The summed E-state index contributed by atoms with van der Waals surface area (Å²) in [4.78, 5) is 7.54. The topological polar surface area (TPSA) is 28.7 Å². The van der Waals surface area contributed by atoms with Crippen molar-refractivity contribution in [1.29, 1.82) is 0 Å². The van der Waals surface area contributed by atoms with E-state index in [0.29, 0.717) is 4.77 Å². The zero-order valence-corrected chi connectivity index (χ0v) is 11.2. The molecule has 1 aromatic heterocycles. The van der Waals surface area contributed by atoms with E-state index < -0.39 is 0 Å². The number of hydrogen-bond acceptors (Lipinski definition) is 2. The van der Waals surface area contributed by atoms with E-state index in [1.807, 2.05) is 0 Å². The highest BCUT2D eigenvalue weighted by Crippen LogP contribution is 2.25. The van der Waals surface area contributed by atoms with Gasteiger partial charge in [-0.25, -0.2) is 4.98 Å². The molecule has 0 amide bonds. The van der Waals surface area contributed by atoms with E-state index in [9.17, 15) is 0 Å². The van der Waals surface area contributed by atoms with Crippen LogP contribution in [0.3, 0.4) is 0 Å². The summed E-state index contributed by atoms with van der Waals surface area (Å²) in [6.07, 6.45) is 0. The number of aromatic nitrogens is 2. The predicted octanol–water partition coefficient (Wildman–Crippen LogP) is 3.73. The number of rotatable bonds is 0. The fourth-order valence-electron chi connectivity index (χ4n) is 1.25. The van der Waals surface area contributed by atoms with Gasteiger partial charge in [-0.05, 0) is 18.3 Å². The molecule has 1 aromatic rings. The third kappa shape index (κ3) is 3.13. The Balaban J connectivity index is 3.36. The number of nitrogens with zero attached hydrogens (tertiary/aromatic N) is 1. The summed E-state index contributed by atoms with van der Waals surface area (Å²) >= 11 is 5.16. The Hall–Kier alpha value is -0.700. The molecule has 0 aromatic carbocycles. The van der Waals surface area contributed by atoms with Crippen LogP contribution in [0.5, 0.6) is 0 Å². The minimum atomic E-state index is 0.0443. The average Bonchev–Trinajstić information content (AvgIpc) is 1.99. The van der Waals surface area contributed by atoms with E-state index in [1.165, 1.54) is 0 Å². The zero-order chi connectivity index (χ0) is 11.9. The van der Waals surface area contributed by atoms with Gasteiger partial charge >= 0.3 is 0 Å². The van der Waals surface area contributed by atoms with Gasteiger partial charge in [0.1, 0.15) is 0 Å². The van der Waals surface area contributed by atoms with Crippen LogP contribution in [0.4, 0.5) is 0 Å². The average molecular weight is 224 g/mol. The summed E-state index contributed by atoms with van der Waals surface area (Å²) in [6.45, 7) is 12.9. The zero-order valence-electron chi connectivity index (χ0n) is 10.4. The van der Waals surface area contributed by atoms with Crippen LogP contribution < -0.4 is 0 Å². The molecule has 0 unspecified atom stereocenters. The largest absolute Gasteiger partial charge is 0.334 e. The van der Waals surface area contributed by atoms with Crippen LogP contribution in [0, 0.1) is 4.77 Å². The van der Waals surface area contributed by atoms with Crippen LogP contribution in [0.2, 0.25) is 0 Å². The number of aromatic amines is 1. The molecule has 0 radical (unpaired) electrons. The summed E-state index contributed by atoms with van der Waals surface area (Å²) in [6, 6.07) is 2.12. The molecule has 0 saturated heterocycles. The van der Waals surface area contributed by atoms with Crippen LogP contribution in [-0.2, 0) is 10.8 Å². The van der Waals surface area contributed by atoms with Crippen molar-refractivity contribution in [3.63, 3.8) is 0 Å². The van der Waals surface area contributed by atoms with E-state index >= 15 is 0 Å². The molecule has 0 aliphatic rings. The lowest BCUT2D eigenvalue weighted by atomic mass is 9.87. The van der Waals surface area contributed by atoms with Crippen molar-refractivity contribution in [3.05, 3.63) is 22.2 Å². The van der Waals surface area contributed by atoms with E-state index in [1.54, 1.807) is 0 Å². The number of nitrogens with one attached hydrogen (secondary N) is 1. The molecule has 0 spiro atoms. The Labute approximate surface area is 97.1 Å². The van der Waals surface area contributed by atoms with Gasteiger partial charge in [0.15, 0.2) is 4.77 Å². The first-order valence-corrected chi connectivity index (χ1v) is 5.64. The summed E-state index contributed by atoms with van der Waals surface area (Å²) in [7, 11) is 0. The third-order valence-electron chi connectivity index (χ3n) is 2.32. The molecule has 0 atom stereocenters. The predicted molar refractivity (Wildman–Crippen MR) is 66.8 cm³/mol. The van der Waals surface area contributed by atoms with E-state index in [2.05, 4.69) is 57.6 Å². The fourth-order valence-corrected chi connectivity index (χ4v) is 1.45. The molecular weight excluding hydrogens is 204 g/mol. The lowest BCUT2D eigenvalue weighted by Crippen LogP contribution is -2.19. The highest BCUT2D eigenvalue weighted by molar-refractivity contribution is 7.71. The summed E-state index contributed by atoms with van der Waals surface area (Å²) in [5, 5.41) is 0. The lowest BCUT2D eigenvalue weighted by molar-refractivity contribution is 0.535. The number of H-pyrrole nitrogens is 1. The summed E-state index contributed by atoms with van der Waals surface area (Å²) < 4.78 is 0.576. The van der Waals surface area contributed by atoms with Crippen LogP contribution in [-0.4, -0.2) is 9.97 Å². The molecule has 0 aliphatic carbocycles. The quantitative estimate of drug-likeness (QED) is 0.680. The smallest absolute Gasteiger partial charge is 0.197 e. The number of hydrogen-bond donors (Lipinski definition) is 1. The fraction of sp³-hybridized carbons (Fsp3) is 0.667. The first-order chi connectivity index (χ1) is 6.60. The lowest BCUT2D eigenvalue weighted by Gasteiger charge is -2.23. The molecule has 0 aliphatic heterocycles. The van der Waals surface area contributed by atoms with Crippen molar-refractivity contribution in [1.82, 2.24) is 9.97 Å². The minimum absolute atomic E-state index is 0.0443. The maximum absolute atomic E-state index is 5.16. The Bertz CT molecular complexity index is 370. The van der Waals surface area contributed by atoms with E-state index in [0.717, 1.165) is 11.4 Å². The minimum Gasteiger partial charge on any atom is -0.334 e. The van der Waals surface area contributed by atoms with Gasteiger partial charge < -0.3 is 4.98 Å². The van der Waals surface area contributed by atoms with E-state index in [-0.39, 0.29) is 10.8 Å². The van der Waals surface area contributed by atoms with Crippen LogP contribution in [0.1, 0.15) is 52.9 Å². The summed E-state index contributed by atoms with van der Waals surface area (Å²) in [5.41, 5.74) is 2.32. The highest BCUT2D eigenvalue weighted by atomic mass is 32.1. The molecule has 15 heavy (non-hydrogen) atoms. The molecule has 84 valence electrons. The molecule has 2 nitrogen and oxygen atoms in total. The molecular formula is C12H20N2S. The first kappa shape index (κ1) is 12.4. The van der Waals surface area contributed by atoms with Crippen molar-refractivity contribution in [2.45, 2.75) is 52.4 Å². The van der Waals surface area contributed by atoms with Gasteiger partial charge in [-0.1, -0.05) is 41.5 Å². The standard InChI is InChI=1S/C12H20N2S/c1-11(2,3)8-7-9(12(4,5)6)14-10(15)13-8/h7H,1-6H3,(H,13,14,15). The van der Waals surface area contributed by atoms with E-state index in [4.69, 9.17) is 12.2 Å². The molecule has 0 saturated carbocycles. The molecule has 1 rings (SSSR count). The third-order valence-corrected chi connectivity index (χ3v) is 2.51. The van der Waals surface area contributed by atoms with Crippen LogP contribution >= 0.6 is 12.2 Å². The normalized spacial score (nSPS) is 12.9. The van der Waals surface area contributed by atoms with Crippen molar-refractivity contribution < 1.29 is 0 Å². The van der Waals surface area contributed by atoms with Gasteiger partial charge in [0.2, 0.25) is 0 Å². The molecule has 3 heteroatoms. The Morgan fingerprint density at radius 3 is 2.00 bits per heavy atom. The SMILES string of the molecule is CC(C)(C)c1cc(C(C)(C)C)[nH]c(=S)n1. The van der Waals surface area contributed by atoms with Gasteiger partial charge in [-0.3, -0.25) is 0 Å². The van der Waals surface area contributed by atoms with Gasteiger partial charge in [0.05, 0.1) is 5.69 Å². The second-order valence-corrected chi connectivity index (χ2v) is 6.37. The Kier molecular flexibility index (Phi) is 3.06. The maximum Gasteiger partial charge on any atom is 0.197 e. The highest BCUT2D eigenvalue weighted by Gasteiger charge is 2.20. The van der Waals surface area contributed by atoms with Gasteiger partial charge in [-0.15, -0.1) is 0 Å². The van der Waals surface area contributed by atoms with Crippen molar-refractivity contribution >= 4 is 12.2 Å². The maximum atomic E-state index is 5.16.